The van der Waals surface area contributed by atoms with Crippen LogP contribution in [0.15, 0.2) is 11.6 Å². The number of carbonyl (C=O) groups excluding carboxylic acids is 1. The molecule has 3 rings (SSSR count). The molecule has 1 amide bonds. The van der Waals surface area contributed by atoms with Gasteiger partial charge in [-0.2, -0.15) is 15.4 Å². The summed E-state index contributed by atoms with van der Waals surface area (Å²) in [5.41, 5.74) is 1.59. The lowest BCUT2D eigenvalue weighted by Crippen LogP contribution is -2.29. The summed E-state index contributed by atoms with van der Waals surface area (Å²) in [4.78, 5) is 29.9. The first-order valence-corrected chi connectivity index (χ1v) is 8.65. The molecule has 1 fully saturated rings. The van der Waals surface area contributed by atoms with Crippen molar-refractivity contribution in [3.63, 3.8) is 0 Å². The standard InChI is InChI=1S/C15H19N5O3S/c1-8(2)12-7-24-14(17-12)15(23)20-5-9(3-13(21)22)10(6-20)11-4-16-19-18-11/h4,7-10H,3,5-6H2,1-2H3,(H,21,22)(H,16,18,19)/t9-,10+/m1/s1. The van der Waals surface area contributed by atoms with Crippen LogP contribution in [0, 0.1) is 5.92 Å². The highest BCUT2D eigenvalue weighted by atomic mass is 32.1. The lowest BCUT2D eigenvalue weighted by Gasteiger charge is -2.14. The number of likely N-dealkylation sites (tertiary alicyclic amines) is 1. The van der Waals surface area contributed by atoms with Crippen LogP contribution in [-0.4, -0.2) is 55.4 Å². The van der Waals surface area contributed by atoms with E-state index in [0.717, 1.165) is 5.69 Å². The Balaban J connectivity index is 1.78. The number of rotatable bonds is 5. The number of carboxylic acid groups (broad SMARTS) is 1. The lowest BCUT2D eigenvalue weighted by molar-refractivity contribution is -0.138. The van der Waals surface area contributed by atoms with Crippen molar-refractivity contribution >= 4 is 23.2 Å². The van der Waals surface area contributed by atoms with Gasteiger partial charge >= 0.3 is 5.97 Å². The second kappa shape index (κ2) is 6.68. The van der Waals surface area contributed by atoms with Crippen molar-refractivity contribution < 1.29 is 14.7 Å². The van der Waals surface area contributed by atoms with Crippen LogP contribution in [0.4, 0.5) is 0 Å². The largest absolute Gasteiger partial charge is 0.481 e. The Morgan fingerprint density at radius 1 is 1.46 bits per heavy atom. The molecule has 2 aromatic rings. The van der Waals surface area contributed by atoms with Gasteiger partial charge in [0.05, 0.1) is 24.0 Å². The van der Waals surface area contributed by atoms with Crippen molar-refractivity contribution in [1.82, 2.24) is 25.3 Å². The van der Waals surface area contributed by atoms with Gasteiger partial charge in [-0.05, 0) is 11.8 Å². The van der Waals surface area contributed by atoms with Gasteiger partial charge in [0.1, 0.15) is 0 Å². The highest BCUT2D eigenvalue weighted by molar-refractivity contribution is 7.11. The van der Waals surface area contributed by atoms with Crippen LogP contribution in [0.2, 0.25) is 0 Å². The number of hydrogen-bond acceptors (Lipinski definition) is 6. The van der Waals surface area contributed by atoms with Gasteiger partial charge in [0.25, 0.3) is 5.91 Å². The molecule has 24 heavy (non-hydrogen) atoms. The second-order valence-electron chi connectivity index (χ2n) is 6.30. The summed E-state index contributed by atoms with van der Waals surface area (Å²) in [6.07, 6.45) is 1.59. The molecular weight excluding hydrogens is 330 g/mol. The molecule has 0 bridgehead atoms. The van der Waals surface area contributed by atoms with Gasteiger partial charge in [-0.25, -0.2) is 4.98 Å². The Kier molecular flexibility index (Phi) is 4.61. The molecule has 0 aliphatic carbocycles. The first-order chi connectivity index (χ1) is 11.5. The molecule has 128 valence electrons. The molecule has 0 aromatic carbocycles. The van der Waals surface area contributed by atoms with Crippen LogP contribution in [0.3, 0.4) is 0 Å². The smallest absolute Gasteiger partial charge is 0.303 e. The zero-order valence-electron chi connectivity index (χ0n) is 13.5. The zero-order valence-corrected chi connectivity index (χ0v) is 14.3. The molecule has 1 aliphatic heterocycles. The summed E-state index contributed by atoms with van der Waals surface area (Å²) in [6.45, 7) is 4.88. The molecular formula is C15H19N5O3S. The van der Waals surface area contributed by atoms with E-state index in [-0.39, 0.29) is 30.1 Å². The number of carbonyl (C=O) groups is 2. The van der Waals surface area contributed by atoms with E-state index in [1.54, 1.807) is 11.1 Å². The summed E-state index contributed by atoms with van der Waals surface area (Å²) in [6, 6.07) is 0. The minimum atomic E-state index is -0.876. The zero-order chi connectivity index (χ0) is 17.3. The fourth-order valence-electron chi connectivity index (χ4n) is 2.98. The van der Waals surface area contributed by atoms with Gasteiger partial charge in [0, 0.05) is 24.4 Å². The summed E-state index contributed by atoms with van der Waals surface area (Å²) in [7, 11) is 0. The maximum absolute atomic E-state index is 12.7. The number of carboxylic acids is 1. The Morgan fingerprint density at radius 3 is 2.83 bits per heavy atom. The van der Waals surface area contributed by atoms with E-state index in [9.17, 15) is 9.59 Å². The first kappa shape index (κ1) is 16.6. The summed E-state index contributed by atoms with van der Waals surface area (Å²) in [5.74, 6) is -1.06. The maximum atomic E-state index is 12.7. The third-order valence-corrected chi connectivity index (χ3v) is 5.12. The third kappa shape index (κ3) is 3.30. The molecule has 2 N–H and O–H groups in total. The van der Waals surface area contributed by atoms with Crippen LogP contribution in [0.5, 0.6) is 0 Å². The monoisotopic (exact) mass is 349 g/mol. The Morgan fingerprint density at radius 2 is 2.25 bits per heavy atom. The van der Waals surface area contributed by atoms with Gasteiger partial charge in [0.15, 0.2) is 5.01 Å². The molecule has 9 heteroatoms. The minimum Gasteiger partial charge on any atom is -0.481 e. The Hall–Kier alpha value is -2.29. The number of aliphatic carboxylic acids is 1. The van der Waals surface area contributed by atoms with Gasteiger partial charge < -0.3 is 10.0 Å². The molecule has 3 heterocycles. The molecule has 2 atom stereocenters. The van der Waals surface area contributed by atoms with Gasteiger partial charge in [-0.1, -0.05) is 13.8 Å². The van der Waals surface area contributed by atoms with E-state index in [4.69, 9.17) is 5.11 Å². The van der Waals surface area contributed by atoms with Crippen molar-refractivity contribution in [2.24, 2.45) is 5.92 Å². The van der Waals surface area contributed by atoms with Crippen LogP contribution >= 0.6 is 11.3 Å². The molecule has 0 spiro atoms. The quantitative estimate of drug-likeness (QED) is 0.850. The predicted molar refractivity (Wildman–Crippen MR) is 87.0 cm³/mol. The average Bonchev–Trinajstić information content (AvgIpc) is 3.26. The van der Waals surface area contributed by atoms with E-state index in [1.807, 2.05) is 19.2 Å². The molecule has 0 radical (unpaired) electrons. The molecule has 1 aliphatic rings. The highest BCUT2D eigenvalue weighted by Gasteiger charge is 2.39. The molecule has 2 aromatic heterocycles. The fraction of sp³-hybridized carbons (Fsp3) is 0.533. The van der Waals surface area contributed by atoms with E-state index >= 15 is 0 Å². The number of H-pyrrole nitrogens is 1. The molecule has 8 nitrogen and oxygen atoms in total. The molecule has 1 saturated heterocycles. The van der Waals surface area contributed by atoms with Gasteiger partial charge in [0.2, 0.25) is 0 Å². The van der Waals surface area contributed by atoms with Crippen LogP contribution in [-0.2, 0) is 4.79 Å². The Bertz CT molecular complexity index is 727. The van der Waals surface area contributed by atoms with Gasteiger partial charge in [-0.15, -0.1) is 11.3 Å². The van der Waals surface area contributed by atoms with E-state index in [2.05, 4.69) is 20.4 Å². The number of hydrogen-bond donors (Lipinski definition) is 2. The van der Waals surface area contributed by atoms with Crippen LogP contribution < -0.4 is 0 Å². The van der Waals surface area contributed by atoms with Crippen molar-refractivity contribution in [2.75, 3.05) is 13.1 Å². The SMILES string of the molecule is CC(C)c1csc(C(=O)N2C[C@@H](CC(=O)O)[C@@H](c3cn[nH]n3)C2)n1. The number of nitrogens with zero attached hydrogens (tertiary/aromatic N) is 4. The fourth-order valence-corrected chi connectivity index (χ4v) is 3.92. The maximum Gasteiger partial charge on any atom is 0.303 e. The Labute approximate surface area is 142 Å². The van der Waals surface area contributed by atoms with E-state index in [1.165, 1.54) is 11.3 Å². The highest BCUT2D eigenvalue weighted by Crippen LogP contribution is 2.34. The number of thiazole rings is 1. The predicted octanol–water partition coefficient (Wildman–Crippen LogP) is 1.72. The number of aromatic nitrogens is 4. The first-order valence-electron chi connectivity index (χ1n) is 7.78. The number of amides is 1. The number of nitrogens with one attached hydrogen (secondary N) is 1. The van der Waals surface area contributed by atoms with Crippen molar-refractivity contribution in [1.29, 1.82) is 0 Å². The lowest BCUT2D eigenvalue weighted by atomic mass is 9.91. The van der Waals surface area contributed by atoms with Crippen molar-refractivity contribution in [2.45, 2.75) is 32.1 Å². The normalized spacial score (nSPS) is 20.7. The van der Waals surface area contributed by atoms with Crippen LogP contribution in [0.25, 0.3) is 0 Å². The summed E-state index contributed by atoms with van der Waals surface area (Å²) >= 11 is 1.33. The van der Waals surface area contributed by atoms with Crippen LogP contribution in [0.1, 0.15) is 53.3 Å². The molecule has 0 unspecified atom stereocenters. The van der Waals surface area contributed by atoms with E-state index in [0.29, 0.717) is 23.8 Å². The molecule has 0 saturated carbocycles. The van der Waals surface area contributed by atoms with Crippen molar-refractivity contribution in [3.8, 4) is 0 Å². The average molecular weight is 349 g/mol. The second-order valence-corrected chi connectivity index (χ2v) is 7.16. The third-order valence-electron chi connectivity index (χ3n) is 4.28. The topological polar surface area (TPSA) is 112 Å². The van der Waals surface area contributed by atoms with Crippen molar-refractivity contribution in [3.05, 3.63) is 28.0 Å². The summed E-state index contributed by atoms with van der Waals surface area (Å²) in [5, 5.41) is 21.9. The number of aromatic amines is 1. The minimum absolute atomic E-state index is 0.00355. The van der Waals surface area contributed by atoms with E-state index < -0.39 is 5.97 Å². The summed E-state index contributed by atoms with van der Waals surface area (Å²) < 4.78 is 0. The van der Waals surface area contributed by atoms with Gasteiger partial charge in [-0.3, -0.25) is 9.59 Å².